The summed E-state index contributed by atoms with van der Waals surface area (Å²) in [6.07, 6.45) is 2.55. The zero-order valence-electron chi connectivity index (χ0n) is 5.50. The average Bonchev–Trinajstić information content (AvgIpc) is 1.89. The van der Waals surface area contributed by atoms with Crippen LogP contribution in [0, 0.1) is 0 Å². The van der Waals surface area contributed by atoms with Crippen LogP contribution in [0.1, 0.15) is 12.8 Å². The van der Waals surface area contributed by atoms with E-state index in [1.54, 1.807) is 0 Å². The van der Waals surface area contributed by atoms with Gasteiger partial charge < -0.3 is 5.32 Å². The first-order chi connectivity index (χ1) is 4.41. The second kappa shape index (κ2) is 8.92. The van der Waals surface area contributed by atoms with Crippen LogP contribution in [-0.4, -0.2) is 23.7 Å². The Kier molecular flexibility index (Phi) is 9.83. The molecule has 0 aromatic carbocycles. The summed E-state index contributed by atoms with van der Waals surface area (Å²) in [6.45, 7) is 2.24. The number of unbranched alkanes of at least 4 members (excludes halogenated alkanes) is 1. The minimum atomic E-state index is 1.06. The molecule has 0 radical (unpaired) electrons. The topological polar surface area (TPSA) is 12.0 Å². The number of hydrogen-bond acceptors (Lipinski definition) is 1. The molecular weight excluding hydrogens is 246 g/mol. The predicted octanol–water partition coefficient (Wildman–Crippen LogP) is 2.15. The maximum atomic E-state index is 3.38. The highest BCUT2D eigenvalue weighted by Gasteiger charge is 1.84. The summed E-state index contributed by atoms with van der Waals surface area (Å²) in [5.74, 6) is 0. The van der Waals surface area contributed by atoms with Gasteiger partial charge >= 0.3 is 0 Å². The maximum Gasteiger partial charge on any atom is 0.0157 e. The predicted molar refractivity (Wildman–Crippen MR) is 49.7 cm³/mol. The quantitative estimate of drug-likeness (QED) is 0.569. The van der Waals surface area contributed by atoms with E-state index in [0.29, 0.717) is 0 Å². The van der Waals surface area contributed by atoms with Gasteiger partial charge in [0.05, 0.1) is 0 Å². The van der Waals surface area contributed by atoms with Crippen LogP contribution in [0.3, 0.4) is 0 Å². The number of alkyl halides is 2. The largest absolute Gasteiger partial charge is 0.316 e. The van der Waals surface area contributed by atoms with Crippen LogP contribution >= 0.6 is 31.9 Å². The van der Waals surface area contributed by atoms with E-state index in [4.69, 9.17) is 0 Å². The van der Waals surface area contributed by atoms with E-state index in [-0.39, 0.29) is 0 Å². The molecule has 0 aromatic heterocycles. The van der Waals surface area contributed by atoms with Crippen LogP contribution in [-0.2, 0) is 0 Å². The average molecular weight is 259 g/mol. The molecule has 0 aromatic rings. The zero-order chi connectivity index (χ0) is 6.95. The lowest BCUT2D eigenvalue weighted by Gasteiger charge is -1.98. The Hall–Kier alpha value is 0.920. The van der Waals surface area contributed by atoms with Crippen molar-refractivity contribution in [3.8, 4) is 0 Å². The van der Waals surface area contributed by atoms with Crippen molar-refractivity contribution in [2.24, 2.45) is 0 Å². The minimum absolute atomic E-state index is 1.06. The molecule has 0 saturated carbocycles. The first-order valence-electron chi connectivity index (χ1n) is 3.24. The molecule has 0 spiro atoms. The molecule has 0 aliphatic rings. The number of hydrogen-bond donors (Lipinski definition) is 1. The molecule has 0 rings (SSSR count). The molecule has 0 aliphatic carbocycles. The molecule has 0 bridgehead atoms. The molecule has 0 amide bonds. The standard InChI is InChI=1S/C6H13Br2N/c7-3-1-2-5-9-6-4-8/h9H,1-6H2. The van der Waals surface area contributed by atoms with Crippen LogP contribution in [0.15, 0.2) is 0 Å². The van der Waals surface area contributed by atoms with Crippen LogP contribution in [0.25, 0.3) is 0 Å². The molecule has 0 fully saturated rings. The molecule has 0 saturated heterocycles. The number of halogens is 2. The Morgan fingerprint density at radius 1 is 0.889 bits per heavy atom. The fraction of sp³-hybridized carbons (Fsp3) is 1.00. The van der Waals surface area contributed by atoms with Crippen LogP contribution < -0.4 is 5.32 Å². The van der Waals surface area contributed by atoms with Gasteiger partial charge in [0.1, 0.15) is 0 Å². The van der Waals surface area contributed by atoms with Crippen molar-refractivity contribution in [3.63, 3.8) is 0 Å². The van der Waals surface area contributed by atoms with E-state index in [2.05, 4.69) is 37.2 Å². The molecule has 0 heterocycles. The fourth-order valence-corrected chi connectivity index (χ4v) is 1.21. The third-order valence-electron chi connectivity index (χ3n) is 1.01. The van der Waals surface area contributed by atoms with Crippen molar-refractivity contribution in [1.29, 1.82) is 0 Å². The van der Waals surface area contributed by atoms with Gasteiger partial charge in [-0.1, -0.05) is 31.9 Å². The van der Waals surface area contributed by atoms with Crippen LogP contribution in [0.2, 0.25) is 0 Å². The van der Waals surface area contributed by atoms with Crippen molar-refractivity contribution in [3.05, 3.63) is 0 Å². The van der Waals surface area contributed by atoms with Crippen molar-refractivity contribution in [2.75, 3.05) is 23.7 Å². The highest BCUT2D eigenvalue weighted by atomic mass is 79.9. The SMILES string of the molecule is BrCCCCNCCBr. The molecule has 3 heteroatoms. The number of rotatable bonds is 6. The van der Waals surface area contributed by atoms with Crippen molar-refractivity contribution in [2.45, 2.75) is 12.8 Å². The van der Waals surface area contributed by atoms with Gasteiger partial charge in [-0.25, -0.2) is 0 Å². The summed E-state index contributed by atoms with van der Waals surface area (Å²) in [4.78, 5) is 0. The van der Waals surface area contributed by atoms with E-state index >= 15 is 0 Å². The van der Waals surface area contributed by atoms with Crippen molar-refractivity contribution >= 4 is 31.9 Å². The molecule has 0 atom stereocenters. The summed E-state index contributed by atoms with van der Waals surface area (Å²) in [5, 5.41) is 5.49. The Morgan fingerprint density at radius 2 is 1.67 bits per heavy atom. The molecule has 56 valence electrons. The molecule has 1 nitrogen and oxygen atoms in total. The maximum absolute atomic E-state index is 3.38. The Labute approximate surface area is 73.8 Å². The Balaban J connectivity index is 2.60. The first-order valence-corrected chi connectivity index (χ1v) is 5.48. The van der Waals surface area contributed by atoms with Crippen molar-refractivity contribution in [1.82, 2.24) is 5.32 Å². The monoisotopic (exact) mass is 257 g/mol. The second-order valence-electron chi connectivity index (χ2n) is 1.84. The van der Waals surface area contributed by atoms with Gasteiger partial charge in [0.2, 0.25) is 0 Å². The molecular formula is C6H13Br2N. The van der Waals surface area contributed by atoms with E-state index in [9.17, 15) is 0 Å². The Morgan fingerprint density at radius 3 is 2.22 bits per heavy atom. The van der Waals surface area contributed by atoms with E-state index in [1.165, 1.54) is 12.8 Å². The van der Waals surface area contributed by atoms with Gasteiger partial charge in [0.25, 0.3) is 0 Å². The van der Waals surface area contributed by atoms with Crippen LogP contribution in [0.5, 0.6) is 0 Å². The summed E-state index contributed by atoms with van der Waals surface area (Å²) in [5.41, 5.74) is 0. The third-order valence-corrected chi connectivity index (χ3v) is 1.97. The lowest BCUT2D eigenvalue weighted by atomic mass is 10.3. The summed E-state index contributed by atoms with van der Waals surface area (Å²) in [7, 11) is 0. The van der Waals surface area contributed by atoms with Gasteiger partial charge in [-0.2, -0.15) is 0 Å². The zero-order valence-corrected chi connectivity index (χ0v) is 8.67. The second-order valence-corrected chi connectivity index (χ2v) is 3.42. The Bertz CT molecular complexity index is 44.3. The van der Waals surface area contributed by atoms with E-state index < -0.39 is 0 Å². The van der Waals surface area contributed by atoms with Crippen LogP contribution in [0.4, 0.5) is 0 Å². The highest BCUT2D eigenvalue weighted by Crippen LogP contribution is 1.91. The lowest BCUT2D eigenvalue weighted by Crippen LogP contribution is -2.17. The van der Waals surface area contributed by atoms with Crippen molar-refractivity contribution < 1.29 is 0 Å². The molecule has 0 aliphatic heterocycles. The van der Waals surface area contributed by atoms with Gasteiger partial charge in [0.15, 0.2) is 0 Å². The smallest absolute Gasteiger partial charge is 0.0157 e. The lowest BCUT2D eigenvalue weighted by molar-refractivity contribution is 0.671. The molecule has 1 N–H and O–H groups in total. The normalized spacial score (nSPS) is 10.0. The fourth-order valence-electron chi connectivity index (χ4n) is 0.536. The van der Waals surface area contributed by atoms with E-state index in [0.717, 1.165) is 23.7 Å². The molecule has 0 unspecified atom stereocenters. The first kappa shape index (κ1) is 9.92. The van der Waals surface area contributed by atoms with Gasteiger partial charge in [-0.3, -0.25) is 0 Å². The summed E-state index contributed by atoms with van der Waals surface area (Å²) in [6, 6.07) is 0. The summed E-state index contributed by atoms with van der Waals surface area (Å²) >= 11 is 6.73. The van der Waals surface area contributed by atoms with Gasteiger partial charge in [-0.15, -0.1) is 0 Å². The minimum Gasteiger partial charge on any atom is -0.316 e. The van der Waals surface area contributed by atoms with Gasteiger partial charge in [0, 0.05) is 17.2 Å². The molecule has 9 heavy (non-hydrogen) atoms. The van der Waals surface area contributed by atoms with E-state index in [1.807, 2.05) is 0 Å². The van der Waals surface area contributed by atoms with Gasteiger partial charge in [-0.05, 0) is 19.4 Å². The summed E-state index contributed by atoms with van der Waals surface area (Å²) < 4.78 is 0. The third kappa shape index (κ3) is 8.92. The highest BCUT2D eigenvalue weighted by molar-refractivity contribution is 9.09. The number of nitrogens with one attached hydrogen (secondary N) is 1.